The summed E-state index contributed by atoms with van der Waals surface area (Å²) in [5, 5.41) is 5.38. The number of amides is 2. The van der Waals surface area contributed by atoms with Crippen molar-refractivity contribution in [3.05, 3.63) is 21.9 Å². The summed E-state index contributed by atoms with van der Waals surface area (Å²) >= 11 is 0.429. The van der Waals surface area contributed by atoms with Gasteiger partial charge in [-0.25, -0.2) is 0 Å². The smallest absolute Gasteiger partial charge is 0.306 e. The number of carbonyl (C=O) groups is 3. The second-order valence-corrected chi connectivity index (χ2v) is 7.89. The molecule has 9 heteroatoms. The maximum absolute atomic E-state index is 12.4. The Labute approximate surface area is 152 Å². The Bertz CT molecular complexity index is 716. The van der Waals surface area contributed by atoms with Crippen molar-refractivity contribution in [3.63, 3.8) is 0 Å². The van der Waals surface area contributed by atoms with E-state index >= 15 is 0 Å². The van der Waals surface area contributed by atoms with Gasteiger partial charge in [0.1, 0.15) is 0 Å². The fraction of sp³-hybridized carbons (Fsp3) is 0.588. The maximum Gasteiger partial charge on any atom is 0.455 e. The molecule has 1 aliphatic heterocycles. The molecule has 26 heavy (non-hydrogen) atoms. The highest BCUT2D eigenvalue weighted by Gasteiger charge is 2.40. The van der Waals surface area contributed by atoms with Crippen LogP contribution in [0.4, 0.5) is 13.2 Å². The Morgan fingerprint density at radius 2 is 1.73 bits per heavy atom. The molecule has 0 aromatic carbocycles. The summed E-state index contributed by atoms with van der Waals surface area (Å²) in [5.41, 5.74) is 0. The number of nitrogens with one attached hydrogen (secondary N) is 2. The molecule has 2 aliphatic rings. The molecule has 1 aliphatic carbocycles. The Morgan fingerprint density at radius 1 is 1.08 bits per heavy atom. The maximum atomic E-state index is 12.4. The zero-order valence-electron chi connectivity index (χ0n) is 13.9. The highest BCUT2D eigenvalue weighted by atomic mass is 32.1. The minimum Gasteiger partial charge on any atom is -0.306 e. The highest BCUT2D eigenvalue weighted by molar-refractivity contribution is 7.16. The van der Waals surface area contributed by atoms with Crippen molar-refractivity contribution in [2.24, 2.45) is 11.8 Å². The first-order chi connectivity index (χ1) is 12.3. The Kier molecular flexibility index (Phi) is 5.47. The van der Waals surface area contributed by atoms with Gasteiger partial charge in [-0.2, -0.15) is 13.2 Å². The van der Waals surface area contributed by atoms with E-state index < -0.39 is 34.7 Å². The fourth-order valence-corrected chi connectivity index (χ4v) is 4.59. The van der Waals surface area contributed by atoms with Gasteiger partial charge in [0.15, 0.2) is 0 Å². The number of halogens is 3. The van der Waals surface area contributed by atoms with Gasteiger partial charge in [0.05, 0.1) is 15.8 Å². The summed E-state index contributed by atoms with van der Waals surface area (Å²) in [5.74, 6) is -2.22. The number of fused-ring (bicyclic) bond motifs is 1. The van der Waals surface area contributed by atoms with Gasteiger partial charge in [0.2, 0.25) is 5.91 Å². The van der Waals surface area contributed by atoms with Crippen LogP contribution in [-0.2, 0) is 4.79 Å². The average molecular weight is 388 g/mol. The van der Waals surface area contributed by atoms with Gasteiger partial charge in [-0.05, 0) is 43.4 Å². The molecule has 0 radical (unpaired) electrons. The van der Waals surface area contributed by atoms with Crippen LogP contribution in [0.15, 0.2) is 12.1 Å². The highest BCUT2D eigenvalue weighted by Crippen LogP contribution is 2.35. The molecule has 5 nitrogen and oxygen atoms in total. The van der Waals surface area contributed by atoms with Gasteiger partial charge in [-0.15, -0.1) is 11.3 Å². The number of Topliss-reactive ketones (excluding diaryl/α,β-unsaturated/α-hetero) is 1. The minimum atomic E-state index is -4.99. The molecule has 0 bridgehead atoms. The lowest BCUT2D eigenvalue weighted by Crippen LogP contribution is -2.53. The second-order valence-electron chi connectivity index (χ2n) is 6.81. The third-order valence-electron chi connectivity index (χ3n) is 5.10. The molecular formula is C17H19F3N2O3S. The van der Waals surface area contributed by atoms with Crippen LogP contribution in [0.5, 0.6) is 0 Å². The molecule has 1 aromatic rings. The first-order valence-electron chi connectivity index (χ1n) is 8.55. The van der Waals surface area contributed by atoms with Gasteiger partial charge in [-0.3, -0.25) is 19.7 Å². The van der Waals surface area contributed by atoms with Crippen LogP contribution in [0, 0.1) is 11.8 Å². The second kappa shape index (κ2) is 7.48. The monoisotopic (exact) mass is 388 g/mol. The fourth-order valence-electron chi connectivity index (χ4n) is 3.73. The lowest BCUT2D eigenvalue weighted by atomic mass is 9.73. The van der Waals surface area contributed by atoms with Crippen molar-refractivity contribution in [3.8, 4) is 0 Å². The van der Waals surface area contributed by atoms with E-state index in [1.54, 1.807) is 0 Å². The molecule has 1 aromatic heterocycles. The molecular weight excluding hydrogens is 369 g/mol. The summed E-state index contributed by atoms with van der Waals surface area (Å²) in [6.45, 7) is 0.736. The van der Waals surface area contributed by atoms with E-state index in [2.05, 4.69) is 10.6 Å². The van der Waals surface area contributed by atoms with Gasteiger partial charge in [-0.1, -0.05) is 19.3 Å². The van der Waals surface area contributed by atoms with Gasteiger partial charge >= 0.3 is 6.18 Å². The third-order valence-corrected chi connectivity index (χ3v) is 6.18. The predicted octanol–water partition coefficient (Wildman–Crippen LogP) is 2.92. The van der Waals surface area contributed by atoms with E-state index in [9.17, 15) is 27.6 Å². The Morgan fingerprint density at radius 3 is 2.42 bits per heavy atom. The molecule has 0 spiro atoms. The molecule has 1 saturated heterocycles. The predicted molar refractivity (Wildman–Crippen MR) is 89.0 cm³/mol. The standard InChI is InChI=1S/C17H19F3N2O3S/c18-17(19,20)14(23)12-5-6-13(26-12)16(25)22-15(24)11-7-9-3-1-2-4-10(9)8-21-11/h5-6,9-11,21H,1-4,7-8H2,(H,22,24,25). The van der Waals surface area contributed by atoms with Crippen LogP contribution in [-0.4, -0.2) is 36.4 Å². The molecule has 2 amide bonds. The normalized spacial score (nSPS) is 26.0. The summed E-state index contributed by atoms with van der Waals surface area (Å²) in [6.07, 6.45) is 0.256. The SMILES string of the molecule is O=C(NC(=O)C1CC2CCCCC2CN1)c1ccc(C(=O)C(F)(F)F)s1. The molecule has 3 rings (SSSR count). The van der Waals surface area contributed by atoms with E-state index in [0.29, 0.717) is 29.6 Å². The van der Waals surface area contributed by atoms with Gasteiger partial charge < -0.3 is 5.32 Å². The number of piperidine rings is 1. The van der Waals surface area contributed by atoms with Crippen LogP contribution in [0.25, 0.3) is 0 Å². The van der Waals surface area contributed by atoms with E-state index in [4.69, 9.17) is 0 Å². The number of hydrogen-bond donors (Lipinski definition) is 2. The molecule has 2 heterocycles. The first-order valence-corrected chi connectivity index (χ1v) is 9.37. The van der Waals surface area contributed by atoms with Crippen molar-refractivity contribution < 1.29 is 27.6 Å². The van der Waals surface area contributed by atoms with Crippen LogP contribution in [0.1, 0.15) is 51.4 Å². The topological polar surface area (TPSA) is 75.3 Å². The number of alkyl halides is 3. The largest absolute Gasteiger partial charge is 0.455 e. The summed E-state index contributed by atoms with van der Waals surface area (Å²) < 4.78 is 37.3. The number of hydrogen-bond acceptors (Lipinski definition) is 5. The minimum absolute atomic E-state index is 0.0997. The number of imide groups is 1. The molecule has 3 unspecified atom stereocenters. The zero-order valence-corrected chi connectivity index (χ0v) is 14.7. The van der Waals surface area contributed by atoms with Gasteiger partial charge in [0.25, 0.3) is 11.7 Å². The Balaban J connectivity index is 1.59. The first kappa shape index (κ1) is 19.0. The van der Waals surface area contributed by atoms with E-state index in [-0.39, 0.29) is 4.88 Å². The molecule has 2 N–H and O–H groups in total. The number of carbonyl (C=O) groups excluding carboxylic acids is 3. The molecule has 3 atom stereocenters. The lowest BCUT2D eigenvalue weighted by molar-refractivity contribution is -0.123. The van der Waals surface area contributed by atoms with Gasteiger partial charge in [0, 0.05) is 0 Å². The van der Waals surface area contributed by atoms with Crippen molar-refractivity contribution in [1.29, 1.82) is 0 Å². The van der Waals surface area contributed by atoms with Crippen LogP contribution >= 0.6 is 11.3 Å². The number of ketones is 1. The number of rotatable bonds is 3. The summed E-state index contributed by atoms with van der Waals surface area (Å²) in [6, 6.07) is 1.60. The van der Waals surface area contributed by atoms with E-state index in [1.807, 2.05) is 0 Å². The van der Waals surface area contributed by atoms with Crippen LogP contribution in [0.2, 0.25) is 0 Å². The zero-order chi connectivity index (χ0) is 18.9. The average Bonchev–Trinajstić information content (AvgIpc) is 3.09. The number of thiophene rings is 1. The molecule has 142 valence electrons. The van der Waals surface area contributed by atoms with Crippen LogP contribution < -0.4 is 10.6 Å². The Hall–Kier alpha value is -1.74. The van der Waals surface area contributed by atoms with Crippen molar-refractivity contribution in [2.75, 3.05) is 6.54 Å². The quantitative estimate of drug-likeness (QED) is 0.617. The molecule has 1 saturated carbocycles. The van der Waals surface area contributed by atoms with Crippen molar-refractivity contribution >= 4 is 28.9 Å². The summed E-state index contributed by atoms with van der Waals surface area (Å²) in [7, 11) is 0. The van der Waals surface area contributed by atoms with Crippen molar-refractivity contribution in [2.45, 2.75) is 44.3 Å². The van der Waals surface area contributed by atoms with Crippen molar-refractivity contribution in [1.82, 2.24) is 10.6 Å². The van der Waals surface area contributed by atoms with Crippen LogP contribution in [0.3, 0.4) is 0 Å². The lowest BCUT2D eigenvalue weighted by Gasteiger charge is -2.39. The van der Waals surface area contributed by atoms with E-state index in [1.165, 1.54) is 6.42 Å². The summed E-state index contributed by atoms with van der Waals surface area (Å²) in [4.78, 5) is 35.0. The third kappa shape index (κ3) is 4.15. The molecule has 2 fully saturated rings. The van der Waals surface area contributed by atoms with E-state index in [0.717, 1.165) is 37.9 Å².